The molecular weight excluding hydrogens is 530 g/mol. The average Bonchev–Trinajstić information content (AvgIpc) is 3.44. The number of benzene rings is 7. The topological polar surface area (TPSA) is 4.93 Å². The van der Waals surface area contributed by atoms with E-state index in [1.165, 1.54) is 66.4 Å². The van der Waals surface area contributed by atoms with Gasteiger partial charge in [0.05, 0.1) is 11.0 Å². The molecule has 1 nitrogen and oxygen atoms in total. The molecule has 1 atom stereocenters. The summed E-state index contributed by atoms with van der Waals surface area (Å²) in [6.45, 7) is 0. The number of para-hydroxylation sites is 2. The van der Waals surface area contributed by atoms with Crippen molar-refractivity contribution in [2.24, 2.45) is 0 Å². The van der Waals surface area contributed by atoms with Gasteiger partial charge in [0.15, 0.2) is 0 Å². The number of hydrogen-bond acceptors (Lipinski definition) is 0. The molecule has 1 heterocycles. The summed E-state index contributed by atoms with van der Waals surface area (Å²) in [6, 6.07) is 65.8. The third-order valence-corrected chi connectivity index (χ3v) is 8.75. The monoisotopic (exact) mass is 561 g/mol. The Balaban J connectivity index is 1.18. The minimum Gasteiger partial charge on any atom is -0.309 e. The van der Waals surface area contributed by atoms with Gasteiger partial charge in [-0.3, -0.25) is 0 Å². The quantitative estimate of drug-likeness (QED) is 0.178. The summed E-state index contributed by atoms with van der Waals surface area (Å²) >= 11 is 0. The highest BCUT2D eigenvalue weighted by molar-refractivity contribution is 6.10. The van der Waals surface area contributed by atoms with Crippen molar-refractivity contribution in [1.82, 2.24) is 4.57 Å². The van der Waals surface area contributed by atoms with Gasteiger partial charge < -0.3 is 4.57 Å². The third kappa shape index (κ3) is 4.69. The minimum atomic E-state index is 0.154. The highest BCUT2D eigenvalue weighted by Crippen LogP contribution is 2.37. The van der Waals surface area contributed by atoms with Crippen molar-refractivity contribution in [3.05, 3.63) is 199 Å². The molecule has 8 rings (SSSR count). The fraction of sp³-hybridized carbons (Fsp3) is 0.0233. The molecule has 0 bridgehead atoms. The summed E-state index contributed by atoms with van der Waals surface area (Å²) < 4.78 is 2.37. The molecule has 0 aliphatic rings. The maximum Gasteiger partial charge on any atom is 0.0541 e. The molecule has 8 aromatic rings. The van der Waals surface area contributed by atoms with Crippen molar-refractivity contribution in [3.63, 3.8) is 0 Å². The Hall–Kier alpha value is -5.66. The highest BCUT2D eigenvalue weighted by atomic mass is 15.0. The Morgan fingerprint density at radius 2 is 0.773 bits per heavy atom. The maximum atomic E-state index is 2.37. The maximum absolute atomic E-state index is 2.37. The van der Waals surface area contributed by atoms with E-state index in [2.05, 4.69) is 187 Å². The lowest BCUT2D eigenvalue weighted by Crippen LogP contribution is -2.03. The van der Waals surface area contributed by atoms with Crippen molar-refractivity contribution in [1.29, 1.82) is 0 Å². The number of fused-ring (bicyclic) bond motifs is 3. The van der Waals surface area contributed by atoms with Crippen molar-refractivity contribution >= 4 is 21.8 Å². The lowest BCUT2D eigenvalue weighted by atomic mass is 9.84. The standard InChI is InChI=1S/C43H31N/c1-4-12-31(13-5-1)32-20-24-35(25-21-32)43(34-14-6-2-7-15-34)36-26-22-33(23-27-36)37-28-29-42-40(30-37)39-18-10-11-19-41(39)44(42)38-16-8-3-9-17-38/h1-30,43H/t43-/m1/s1. The van der Waals surface area contributed by atoms with Gasteiger partial charge in [-0.2, -0.15) is 0 Å². The molecule has 1 aromatic heterocycles. The van der Waals surface area contributed by atoms with E-state index in [9.17, 15) is 0 Å². The number of nitrogens with zero attached hydrogens (tertiary/aromatic N) is 1. The van der Waals surface area contributed by atoms with Gasteiger partial charge in [-0.05, 0) is 69.3 Å². The highest BCUT2D eigenvalue weighted by Gasteiger charge is 2.18. The smallest absolute Gasteiger partial charge is 0.0541 e. The second-order valence-corrected chi connectivity index (χ2v) is 11.4. The molecule has 0 saturated carbocycles. The summed E-state index contributed by atoms with van der Waals surface area (Å²) in [4.78, 5) is 0. The second-order valence-electron chi connectivity index (χ2n) is 11.4. The predicted octanol–water partition coefficient (Wildman–Crippen LogP) is 11.3. The van der Waals surface area contributed by atoms with Crippen LogP contribution in [-0.2, 0) is 0 Å². The third-order valence-electron chi connectivity index (χ3n) is 8.75. The minimum absolute atomic E-state index is 0.154. The van der Waals surface area contributed by atoms with E-state index in [4.69, 9.17) is 0 Å². The summed E-state index contributed by atoms with van der Waals surface area (Å²) in [5.74, 6) is 0.154. The first-order chi connectivity index (χ1) is 21.8. The average molecular weight is 562 g/mol. The van der Waals surface area contributed by atoms with Crippen molar-refractivity contribution < 1.29 is 0 Å². The number of aromatic nitrogens is 1. The van der Waals surface area contributed by atoms with Crippen LogP contribution in [0.1, 0.15) is 22.6 Å². The zero-order valence-corrected chi connectivity index (χ0v) is 24.3. The zero-order chi connectivity index (χ0) is 29.3. The first-order valence-electron chi connectivity index (χ1n) is 15.2. The molecule has 7 aromatic carbocycles. The first kappa shape index (κ1) is 26.0. The van der Waals surface area contributed by atoms with Crippen LogP contribution in [0.5, 0.6) is 0 Å². The van der Waals surface area contributed by atoms with E-state index in [0.717, 1.165) is 0 Å². The van der Waals surface area contributed by atoms with Gasteiger partial charge in [0.1, 0.15) is 0 Å². The van der Waals surface area contributed by atoms with E-state index in [-0.39, 0.29) is 5.92 Å². The Labute approximate surface area is 258 Å². The number of rotatable bonds is 6. The lowest BCUT2D eigenvalue weighted by molar-refractivity contribution is 0.978. The molecule has 0 N–H and O–H groups in total. The fourth-order valence-electron chi connectivity index (χ4n) is 6.60. The molecule has 0 aliphatic heterocycles. The molecule has 0 saturated heterocycles. The van der Waals surface area contributed by atoms with Crippen LogP contribution in [0.25, 0.3) is 49.7 Å². The van der Waals surface area contributed by atoms with Gasteiger partial charge in [0.2, 0.25) is 0 Å². The second kappa shape index (κ2) is 11.2. The van der Waals surface area contributed by atoms with E-state index >= 15 is 0 Å². The van der Waals surface area contributed by atoms with E-state index in [1.54, 1.807) is 0 Å². The molecule has 0 radical (unpaired) electrons. The van der Waals surface area contributed by atoms with E-state index in [0.29, 0.717) is 0 Å². The molecule has 44 heavy (non-hydrogen) atoms. The van der Waals surface area contributed by atoms with Crippen LogP contribution in [0.15, 0.2) is 182 Å². The molecule has 0 spiro atoms. The van der Waals surface area contributed by atoms with Gasteiger partial charge in [0.25, 0.3) is 0 Å². The van der Waals surface area contributed by atoms with Crippen LogP contribution in [-0.4, -0.2) is 4.57 Å². The van der Waals surface area contributed by atoms with Gasteiger partial charge in [0, 0.05) is 22.4 Å². The summed E-state index contributed by atoms with van der Waals surface area (Å²) in [5, 5.41) is 2.54. The Morgan fingerprint density at radius 1 is 0.318 bits per heavy atom. The van der Waals surface area contributed by atoms with Gasteiger partial charge in [-0.25, -0.2) is 0 Å². The van der Waals surface area contributed by atoms with Gasteiger partial charge >= 0.3 is 0 Å². The first-order valence-corrected chi connectivity index (χ1v) is 15.2. The molecule has 0 amide bonds. The van der Waals surface area contributed by atoms with Crippen LogP contribution < -0.4 is 0 Å². The molecule has 0 fully saturated rings. The van der Waals surface area contributed by atoms with Crippen LogP contribution in [0.4, 0.5) is 0 Å². The van der Waals surface area contributed by atoms with Gasteiger partial charge in [-0.15, -0.1) is 0 Å². The molecule has 0 unspecified atom stereocenters. The fourth-order valence-corrected chi connectivity index (χ4v) is 6.60. The van der Waals surface area contributed by atoms with Crippen LogP contribution in [0.3, 0.4) is 0 Å². The van der Waals surface area contributed by atoms with Crippen LogP contribution in [0.2, 0.25) is 0 Å². The summed E-state index contributed by atoms with van der Waals surface area (Å²) in [5.41, 5.74) is 12.4. The predicted molar refractivity (Wildman–Crippen MR) is 185 cm³/mol. The molecular formula is C43H31N. The molecule has 208 valence electrons. The lowest BCUT2D eigenvalue weighted by Gasteiger charge is -2.20. The van der Waals surface area contributed by atoms with Crippen LogP contribution in [0, 0.1) is 0 Å². The zero-order valence-electron chi connectivity index (χ0n) is 24.3. The largest absolute Gasteiger partial charge is 0.309 e. The Morgan fingerprint density at radius 3 is 1.43 bits per heavy atom. The van der Waals surface area contributed by atoms with E-state index < -0.39 is 0 Å². The number of hydrogen-bond donors (Lipinski definition) is 0. The van der Waals surface area contributed by atoms with Crippen molar-refractivity contribution in [3.8, 4) is 27.9 Å². The normalized spacial score (nSPS) is 12.0. The summed E-state index contributed by atoms with van der Waals surface area (Å²) in [6.07, 6.45) is 0. The van der Waals surface area contributed by atoms with Crippen molar-refractivity contribution in [2.45, 2.75) is 5.92 Å². The van der Waals surface area contributed by atoms with Crippen LogP contribution >= 0.6 is 0 Å². The molecule has 1 heteroatoms. The Kier molecular flexibility index (Phi) is 6.62. The molecule has 0 aliphatic carbocycles. The van der Waals surface area contributed by atoms with E-state index in [1.807, 2.05) is 0 Å². The summed E-state index contributed by atoms with van der Waals surface area (Å²) in [7, 11) is 0. The van der Waals surface area contributed by atoms with Gasteiger partial charge in [-0.1, -0.05) is 152 Å². The van der Waals surface area contributed by atoms with Crippen molar-refractivity contribution in [2.75, 3.05) is 0 Å². The Bertz CT molecular complexity index is 2170. The SMILES string of the molecule is c1ccc(-c2ccc([C@@H](c3ccccc3)c3ccc(-c4ccc5c(c4)c4ccccc4n5-c4ccccc4)cc3)cc2)cc1.